The number of ketones is 10. The highest BCUT2D eigenvalue weighted by Crippen LogP contribution is 2.28. The summed E-state index contributed by atoms with van der Waals surface area (Å²) in [6, 6.07) is 9.46. The van der Waals surface area contributed by atoms with E-state index >= 15 is 0 Å². The van der Waals surface area contributed by atoms with Crippen LogP contribution in [0.2, 0.25) is 0 Å². The summed E-state index contributed by atoms with van der Waals surface area (Å²) in [5.41, 5.74) is 28.6. The van der Waals surface area contributed by atoms with Crippen LogP contribution in [0.1, 0.15) is 302 Å². The van der Waals surface area contributed by atoms with E-state index in [1.165, 1.54) is 0 Å². The smallest absolute Gasteiger partial charge is 0.153 e. The summed E-state index contributed by atoms with van der Waals surface area (Å²) < 4.78 is 0. The Morgan fingerprint density at radius 3 is 0.624 bits per heavy atom. The molecule has 21 N–H and O–H groups in total. The molecule has 0 amide bonds. The molecule has 125 heavy (non-hydrogen) atoms. The molecule has 0 fully saturated rings. The first-order valence-electron chi connectivity index (χ1n) is 46.6. The van der Waals surface area contributed by atoms with Crippen LogP contribution in [-0.4, -0.2) is 162 Å². The standard InChI is InChI=1S/C24H39N3O2.3C19H37N3O2.C18H35N3O3/c1-16(2)24(29)21(13-10-14-26-19(6)25)15-22(28)23(27-17(3)4)18(5)20-11-8-7-9-12-20;3*1-12(2)18(22-14(5)6)17(23)11-16(19(24)13(3)4)9-8-10-21-15(7)20;1-11(2)18(24)15(8-7-9-20-14(6)19)10-16(23)17(13(5)22)21-12(3)4/h7-9,11-12,16-18,21,23,26-27H,6,10,13-15,25H2,1-5H3;3*12-14,16,18,21-22H,7-11,20H2,1-6H3;11-13,15,17,20-22H,6-10,19H2,1-5H3/t18?,21-,23+;3*16-,18+;13?,15-,17+/m11111/s1. The lowest BCUT2D eigenvalue weighted by atomic mass is 9.82. The minimum atomic E-state index is -0.795. The van der Waals surface area contributed by atoms with Crippen molar-refractivity contribution in [1.82, 2.24) is 53.2 Å². The maximum atomic E-state index is 13.3. The number of rotatable bonds is 66. The second-order valence-electron chi connectivity index (χ2n) is 38.3. The number of nitrogens with two attached hydrogens (primary N) is 5. The summed E-state index contributed by atoms with van der Waals surface area (Å²) in [6.45, 7) is 76.1. The van der Waals surface area contributed by atoms with E-state index in [-0.39, 0.29) is 208 Å². The normalized spacial score (nSPS) is 14.4. The third-order valence-electron chi connectivity index (χ3n) is 21.1. The number of aliphatic hydroxyl groups is 1. The van der Waals surface area contributed by atoms with Gasteiger partial charge in [-0.15, -0.1) is 0 Å². The number of hydrogen-bond donors (Lipinski definition) is 16. The molecule has 12 atom stereocenters. The molecule has 0 saturated heterocycles. The van der Waals surface area contributed by atoms with Gasteiger partial charge in [-0.1, -0.05) is 250 Å². The van der Waals surface area contributed by atoms with Gasteiger partial charge < -0.3 is 86.9 Å². The fourth-order valence-corrected chi connectivity index (χ4v) is 14.7. The summed E-state index contributed by atoms with van der Waals surface area (Å²) in [6.07, 6.45) is 7.75. The summed E-state index contributed by atoms with van der Waals surface area (Å²) in [5, 5.41) is 41.2. The van der Waals surface area contributed by atoms with Crippen LogP contribution in [0.25, 0.3) is 0 Å². The molecule has 0 aliphatic heterocycles. The predicted octanol–water partition coefficient (Wildman–Crippen LogP) is 12.9. The zero-order valence-electron chi connectivity index (χ0n) is 83.4. The molecule has 0 radical (unpaired) electrons. The highest BCUT2D eigenvalue weighted by Gasteiger charge is 2.36. The monoisotopic (exact) mass is 1760 g/mol. The molecule has 0 heterocycles. The number of aliphatic hydroxyl groups excluding tert-OH is 1. The molecular weight excluding hydrogens is 1580 g/mol. The molecule has 0 spiro atoms. The first-order chi connectivity index (χ1) is 57.9. The van der Waals surface area contributed by atoms with Crippen LogP contribution in [0, 0.1) is 76.9 Å². The second-order valence-corrected chi connectivity index (χ2v) is 38.3. The lowest BCUT2D eigenvalue weighted by molar-refractivity contribution is -0.132. The fourth-order valence-electron chi connectivity index (χ4n) is 14.7. The van der Waals surface area contributed by atoms with Gasteiger partial charge >= 0.3 is 0 Å². The molecule has 2 unspecified atom stereocenters. The number of benzene rings is 1. The van der Waals surface area contributed by atoms with Crippen LogP contribution in [-0.2, 0) is 47.9 Å². The van der Waals surface area contributed by atoms with Crippen LogP contribution < -0.4 is 81.8 Å². The predicted molar refractivity (Wildman–Crippen MR) is 519 cm³/mol. The Bertz CT molecular complexity index is 3000. The first-order valence-corrected chi connectivity index (χ1v) is 46.6. The van der Waals surface area contributed by atoms with E-state index in [1.54, 1.807) is 6.92 Å². The molecule has 0 aliphatic rings. The topological polar surface area (TPSA) is 441 Å². The Kier molecular flexibility index (Phi) is 67.8. The average Bonchev–Trinajstić information content (AvgIpc) is 0.917. The van der Waals surface area contributed by atoms with Crippen LogP contribution in [0.4, 0.5) is 0 Å². The lowest BCUT2D eigenvalue weighted by Crippen LogP contribution is -2.48. The minimum absolute atomic E-state index is 0.0307. The van der Waals surface area contributed by atoms with Crippen molar-refractivity contribution >= 4 is 57.8 Å². The highest BCUT2D eigenvalue weighted by molar-refractivity contribution is 5.95. The first kappa shape index (κ1) is 124. The number of hydrogen-bond acceptors (Lipinski definition) is 26. The zero-order chi connectivity index (χ0) is 97.4. The van der Waals surface area contributed by atoms with E-state index in [0.29, 0.717) is 113 Å². The number of Topliss-reactive ketones (excluding diaryl/α,β-unsaturated/α-hetero) is 10. The number of carbonyl (C=O) groups excluding carboxylic acids is 10. The molecule has 0 saturated carbocycles. The molecule has 26 nitrogen and oxygen atoms in total. The van der Waals surface area contributed by atoms with E-state index < -0.39 is 12.1 Å². The largest absolute Gasteiger partial charge is 0.391 e. The second kappa shape index (κ2) is 68.5. The van der Waals surface area contributed by atoms with Gasteiger partial charge in [-0.25, -0.2) is 0 Å². The summed E-state index contributed by atoms with van der Waals surface area (Å²) in [7, 11) is 0. The van der Waals surface area contributed by atoms with Gasteiger partial charge in [0, 0.05) is 160 Å². The lowest BCUT2D eigenvalue weighted by Gasteiger charge is -2.28. The third-order valence-corrected chi connectivity index (χ3v) is 21.1. The van der Waals surface area contributed by atoms with Gasteiger partial charge in [0.1, 0.15) is 28.9 Å². The van der Waals surface area contributed by atoms with Gasteiger partial charge in [-0.3, -0.25) is 47.9 Å². The van der Waals surface area contributed by atoms with Crippen LogP contribution >= 0.6 is 0 Å². The summed E-state index contributed by atoms with van der Waals surface area (Å²) >= 11 is 0. The van der Waals surface area contributed by atoms with E-state index in [0.717, 1.165) is 37.7 Å². The Morgan fingerprint density at radius 2 is 0.456 bits per heavy atom. The molecule has 722 valence electrons. The van der Waals surface area contributed by atoms with Gasteiger partial charge in [-0.2, -0.15) is 0 Å². The number of carbonyl (C=O) groups is 10. The maximum absolute atomic E-state index is 13.3. The molecule has 0 bridgehead atoms. The van der Waals surface area contributed by atoms with Crippen molar-refractivity contribution in [1.29, 1.82) is 0 Å². The Morgan fingerprint density at radius 1 is 0.280 bits per heavy atom. The van der Waals surface area contributed by atoms with Gasteiger partial charge in [0.05, 0.1) is 65.4 Å². The molecular formula is C99H185N15O11. The molecule has 26 heteroatoms. The zero-order valence-corrected chi connectivity index (χ0v) is 83.4. The van der Waals surface area contributed by atoms with Gasteiger partial charge in [0.15, 0.2) is 28.9 Å². The van der Waals surface area contributed by atoms with Crippen molar-refractivity contribution in [3.05, 3.63) is 97.9 Å². The van der Waals surface area contributed by atoms with Crippen molar-refractivity contribution in [3.63, 3.8) is 0 Å². The van der Waals surface area contributed by atoms with Crippen molar-refractivity contribution < 1.29 is 53.1 Å². The highest BCUT2D eigenvalue weighted by atomic mass is 16.3. The van der Waals surface area contributed by atoms with Crippen molar-refractivity contribution in [2.24, 2.45) is 106 Å². The summed E-state index contributed by atoms with van der Waals surface area (Å²) in [4.78, 5) is 127. The van der Waals surface area contributed by atoms with Gasteiger partial charge in [0.25, 0.3) is 0 Å². The van der Waals surface area contributed by atoms with E-state index in [2.05, 4.69) is 105 Å². The average molecular weight is 1760 g/mol. The van der Waals surface area contributed by atoms with Crippen molar-refractivity contribution in [2.45, 2.75) is 363 Å². The van der Waals surface area contributed by atoms with Crippen LogP contribution in [0.15, 0.2) is 92.3 Å². The van der Waals surface area contributed by atoms with Crippen molar-refractivity contribution in [2.75, 3.05) is 32.7 Å². The molecule has 1 rings (SSSR count). The Labute approximate surface area is 759 Å². The number of nitrogens with one attached hydrogen (secondary N) is 10. The molecule has 0 aliphatic carbocycles. The SMILES string of the molecule is C=C(N)NCCC[C@H](CC(=O)[C@@H](NC(C)C)C(C)C)C(=O)C(C)C.C=C(N)NCCC[C@H](CC(=O)[C@@H](NC(C)C)C(C)C)C(=O)C(C)C.C=C(N)NCCC[C@H](CC(=O)[C@@H](NC(C)C)C(C)C)C(=O)C(C)C.C=C(N)NCCC[C@H](CC(=O)[C@@H](NC(C)C)C(C)O)C(=O)C(C)C.C=C(N)NCCC[C@H](CC(=O)[C@@H](NC(C)C)C(C)c1ccccc1)C(=O)C(C)C. The summed E-state index contributed by atoms with van der Waals surface area (Å²) in [5.74, 6) is 2.23. The maximum Gasteiger partial charge on any atom is 0.153 e. The van der Waals surface area contributed by atoms with Gasteiger partial charge in [0.2, 0.25) is 0 Å². The Hall–Kier alpha value is -7.62. The minimum Gasteiger partial charge on any atom is -0.391 e. The van der Waals surface area contributed by atoms with E-state index in [9.17, 15) is 53.1 Å². The quantitative estimate of drug-likeness (QED) is 0.0269. The van der Waals surface area contributed by atoms with E-state index in [1.807, 2.05) is 198 Å². The molecule has 0 aromatic heterocycles. The molecule has 1 aromatic carbocycles. The Balaban J connectivity index is -0.000000734. The third kappa shape index (κ3) is 59.9. The van der Waals surface area contributed by atoms with Crippen LogP contribution in [0.3, 0.4) is 0 Å². The van der Waals surface area contributed by atoms with E-state index in [4.69, 9.17) is 28.7 Å². The van der Waals surface area contributed by atoms with Crippen LogP contribution in [0.5, 0.6) is 0 Å². The van der Waals surface area contributed by atoms with Crippen molar-refractivity contribution in [3.8, 4) is 0 Å². The molecule has 1 aromatic rings. The fraction of sp³-hybridized carbons (Fsp3) is 0.737. The van der Waals surface area contributed by atoms with Gasteiger partial charge in [-0.05, 0) is 94.4 Å².